The van der Waals surface area contributed by atoms with E-state index in [1.807, 2.05) is 30.3 Å². The van der Waals surface area contributed by atoms with E-state index in [9.17, 15) is 9.59 Å². The molecule has 4 heteroatoms. The molecule has 4 nitrogen and oxygen atoms in total. The van der Waals surface area contributed by atoms with Crippen molar-refractivity contribution in [2.24, 2.45) is 5.41 Å². The van der Waals surface area contributed by atoms with Crippen molar-refractivity contribution in [3.63, 3.8) is 0 Å². The van der Waals surface area contributed by atoms with Crippen molar-refractivity contribution in [2.45, 2.75) is 12.8 Å². The first-order valence-electron chi connectivity index (χ1n) is 6.76. The van der Waals surface area contributed by atoms with Gasteiger partial charge in [0.1, 0.15) is 0 Å². The number of allylic oxidation sites excluding steroid dienone is 2. The smallest absolute Gasteiger partial charge is 0.323 e. The third kappa shape index (κ3) is 3.74. The molecule has 0 aromatic heterocycles. The largest absolute Gasteiger partial charge is 0.468 e. The Morgan fingerprint density at radius 3 is 2.18 bits per heavy atom. The van der Waals surface area contributed by atoms with Gasteiger partial charge in [-0.3, -0.25) is 9.59 Å². The summed E-state index contributed by atoms with van der Waals surface area (Å²) in [7, 11) is 2.48. The SMILES string of the molecule is C=C=CCC(CC(=C)c1ccccc1)(C(=O)OC)C(=O)OC. The Morgan fingerprint density at radius 1 is 1.18 bits per heavy atom. The predicted octanol–water partition coefficient (Wildman–Crippen LogP) is 3.15. The molecule has 0 radical (unpaired) electrons. The zero-order chi connectivity index (χ0) is 16.6. The number of benzene rings is 1. The fourth-order valence-electron chi connectivity index (χ4n) is 2.24. The lowest BCUT2D eigenvalue weighted by Crippen LogP contribution is -2.41. The van der Waals surface area contributed by atoms with Gasteiger partial charge in [0, 0.05) is 0 Å². The Morgan fingerprint density at radius 2 is 1.73 bits per heavy atom. The van der Waals surface area contributed by atoms with Crippen molar-refractivity contribution >= 4 is 17.5 Å². The van der Waals surface area contributed by atoms with Crippen molar-refractivity contribution in [1.82, 2.24) is 0 Å². The average molecular weight is 300 g/mol. The fraction of sp³-hybridized carbons (Fsp3) is 0.278. The normalized spacial score (nSPS) is 10.3. The average Bonchev–Trinajstić information content (AvgIpc) is 2.57. The van der Waals surface area contributed by atoms with Crippen LogP contribution >= 0.6 is 0 Å². The molecule has 0 saturated heterocycles. The Hall–Kier alpha value is -2.58. The summed E-state index contributed by atoms with van der Waals surface area (Å²) in [5, 5.41) is 0. The third-order valence-electron chi connectivity index (χ3n) is 3.44. The minimum atomic E-state index is -1.49. The first-order chi connectivity index (χ1) is 10.5. The first kappa shape index (κ1) is 17.5. The van der Waals surface area contributed by atoms with Crippen LogP contribution in [0.5, 0.6) is 0 Å². The van der Waals surface area contributed by atoms with E-state index >= 15 is 0 Å². The van der Waals surface area contributed by atoms with E-state index in [0.717, 1.165) is 5.56 Å². The number of methoxy groups -OCH3 is 2. The molecule has 0 aliphatic carbocycles. The molecule has 0 heterocycles. The van der Waals surface area contributed by atoms with Crippen molar-refractivity contribution < 1.29 is 19.1 Å². The van der Waals surface area contributed by atoms with Gasteiger partial charge in [-0.15, -0.1) is 5.73 Å². The summed E-state index contributed by atoms with van der Waals surface area (Å²) in [5.74, 6) is -1.33. The van der Waals surface area contributed by atoms with Crippen LogP contribution < -0.4 is 0 Å². The Bertz CT molecular complexity index is 579. The Labute approximate surface area is 130 Å². The summed E-state index contributed by atoms with van der Waals surface area (Å²) >= 11 is 0. The number of esters is 2. The molecule has 0 atom stereocenters. The molecule has 0 aliphatic heterocycles. The summed E-state index contributed by atoms with van der Waals surface area (Å²) in [6.45, 7) is 7.45. The molecule has 0 aliphatic rings. The molecule has 0 saturated carbocycles. The Balaban J connectivity index is 3.23. The maximum absolute atomic E-state index is 12.3. The number of rotatable bonds is 7. The van der Waals surface area contributed by atoms with Gasteiger partial charge in [0.05, 0.1) is 14.2 Å². The van der Waals surface area contributed by atoms with Crippen molar-refractivity contribution in [1.29, 1.82) is 0 Å². The number of ether oxygens (including phenoxy) is 2. The van der Waals surface area contributed by atoms with E-state index in [4.69, 9.17) is 9.47 Å². The number of carbonyl (C=O) groups is 2. The van der Waals surface area contributed by atoms with Crippen LogP contribution in [-0.2, 0) is 19.1 Å². The van der Waals surface area contributed by atoms with Gasteiger partial charge in [-0.25, -0.2) is 0 Å². The maximum Gasteiger partial charge on any atom is 0.323 e. The van der Waals surface area contributed by atoms with Gasteiger partial charge in [-0.05, 0) is 30.1 Å². The van der Waals surface area contributed by atoms with E-state index in [1.54, 1.807) is 0 Å². The van der Waals surface area contributed by atoms with Crippen LogP contribution in [0.15, 0.2) is 55.3 Å². The predicted molar refractivity (Wildman–Crippen MR) is 84.9 cm³/mol. The Kier molecular flexibility index (Phi) is 6.36. The van der Waals surface area contributed by atoms with Crippen LogP contribution in [0.2, 0.25) is 0 Å². The molecule has 0 bridgehead atoms. The van der Waals surface area contributed by atoms with E-state index < -0.39 is 17.4 Å². The topological polar surface area (TPSA) is 52.6 Å². The minimum Gasteiger partial charge on any atom is -0.468 e. The minimum absolute atomic E-state index is 0.0850. The summed E-state index contributed by atoms with van der Waals surface area (Å²) in [6.07, 6.45) is 1.70. The lowest BCUT2D eigenvalue weighted by atomic mass is 9.77. The van der Waals surface area contributed by atoms with E-state index in [2.05, 4.69) is 18.9 Å². The molecular weight excluding hydrogens is 280 g/mol. The van der Waals surface area contributed by atoms with Crippen LogP contribution in [0.1, 0.15) is 18.4 Å². The first-order valence-corrected chi connectivity index (χ1v) is 6.76. The zero-order valence-electron chi connectivity index (χ0n) is 12.9. The lowest BCUT2D eigenvalue weighted by molar-refractivity contribution is -0.168. The molecule has 0 spiro atoms. The van der Waals surface area contributed by atoms with Crippen molar-refractivity contribution in [3.8, 4) is 0 Å². The second kappa shape index (κ2) is 8.01. The van der Waals surface area contributed by atoms with Gasteiger partial charge in [0.25, 0.3) is 0 Å². The zero-order valence-corrected chi connectivity index (χ0v) is 12.9. The van der Waals surface area contributed by atoms with Crippen LogP contribution in [0.25, 0.3) is 5.57 Å². The number of hydrogen-bond donors (Lipinski definition) is 0. The van der Waals surface area contributed by atoms with Gasteiger partial charge >= 0.3 is 11.9 Å². The van der Waals surface area contributed by atoms with Gasteiger partial charge in [0.2, 0.25) is 0 Å². The van der Waals surface area contributed by atoms with Gasteiger partial charge in [0.15, 0.2) is 5.41 Å². The number of hydrogen-bond acceptors (Lipinski definition) is 4. The summed E-state index contributed by atoms with van der Waals surface area (Å²) in [4.78, 5) is 24.5. The third-order valence-corrected chi connectivity index (χ3v) is 3.44. The van der Waals surface area contributed by atoms with Gasteiger partial charge in [-0.2, -0.15) is 0 Å². The van der Waals surface area contributed by atoms with E-state index in [0.29, 0.717) is 5.57 Å². The summed E-state index contributed by atoms with van der Waals surface area (Å²) < 4.78 is 9.65. The highest BCUT2D eigenvalue weighted by atomic mass is 16.5. The standard InChI is InChI=1S/C18H20O4/c1-5-6-12-18(16(19)21-3,17(20)22-4)13-14(2)15-10-8-7-9-11-15/h6-11H,1-2,12-13H2,3-4H3. The molecule has 1 rings (SSSR count). The van der Waals surface area contributed by atoms with Crippen molar-refractivity contribution in [2.75, 3.05) is 14.2 Å². The highest BCUT2D eigenvalue weighted by Crippen LogP contribution is 2.36. The molecule has 1 aromatic rings. The second-order valence-corrected chi connectivity index (χ2v) is 4.82. The molecule has 0 unspecified atom stereocenters. The molecule has 22 heavy (non-hydrogen) atoms. The van der Waals surface area contributed by atoms with Gasteiger partial charge in [-0.1, -0.05) is 43.5 Å². The second-order valence-electron chi connectivity index (χ2n) is 4.82. The van der Waals surface area contributed by atoms with Crippen molar-refractivity contribution in [3.05, 3.63) is 60.9 Å². The highest BCUT2D eigenvalue weighted by Gasteiger charge is 2.48. The van der Waals surface area contributed by atoms with Crippen LogP contribution in [0.3, 0.4) is 0 Å². The molecule has 0 amide bonds. The quantitative estimate of drug-likeness (QED) is 0.441. The summed E-state index contributed by atoms with van der Waals surface area (Å²) in [5.41, 5.74) is 2.59. The highest BCUT2D eigenvalue weighted by molar-refractivity contribution is 6.01. The van der Waals surface area contributed by atoms with Gasteiger partial charge < -0.3 is 9.47 Å². The van der Waals surface area contributed by atoms with E-state index in [-0.39, 0.29) is 12.8 Å². The molecule has 1 aromatic carbocycles. The van der Waals surface area contributed by atoms with E-state index in [1.165, 1.54) is 20.3 Å². The van der Waals surface area contributed by atoms with Crippen LogP contribution in [0.4, 0.5) is 0 Å². The molecule has 0 fully saturated rings. The van der Waals surface area contributed by atoms with Crippen LogP contribution in [-0.4, -0.2) is 26.2 Å². The lowest BCUT2D eigenvalue weighted by Gasteiger charge is -2.27. The molecule has 116 valence electrons. The summed E-state index contributed by atoms with van der Waals surface area (Å²) in [6, 6.07) is 9.34. The fourth-order valence-corrected chi connectivity index (χ4v) is 2.24. The molecular formula is C18H20O4. The van der Waals surface area contributed by atoms with Crippen LogP contribution in [0, 0.1) is 5.41 Å². The monoisotopic (exact) mass is 300 g/mol. The maximum atomic E-state index is 12.3. The molecule has 0 N–H and O–H groups in total. The number of carbonyl (C=O) groups excluding carboxylic acids is 2.